The Morgan fingerprint density at radius 2 is 1.96 bits per heavy atom. The van der Waals surface area contributed by atoms with Gasteiger partial charge in [0.05, 0.1) is 18.0 Å². The average molecular weight is 348 g/mol. The van der Waals surface area contributed by atoms with Crippen molar-refractivity contribution >= 4 is 26.6 Å². The van der Waals surface area contributed by atoms with Crippen LogP contribution in [0.2, 0.25) is 0 Å². The van der Waals surface area contributed by atoms with Crippen molar-refractivity contribution in [3.8, 4) is 0 Å². The molecule has 6 nitrogen and oxygen atoms in total. The fraction of sp³-hybridized carbons (Fsp3) is 0.588. The lowest BCUT2D eigenvalue weighted by atomic mass is 9.99. The first-order chi connectivity index (χ1) is 11.5. The number of rotatable bonds is 4. The molecule has 2 aliphatic heterocycles. The standard InChI is InChI=1S/C17H24N4O2S/c1-3-20-17-10-13(5-4-12(17)11-18-20)19-14-8-15-6-7-16(9-14)21(15)24(2,22)23/h4-5,10-11,14-16,19H,3,6-9H2,1-2H3. The van der Waals surface area contributed by atoms with Gasteiger partial charge in [-0.05, 0) is 50.8 Å². The zero-order chi connectivity index (χ0) is 16.9. The minimum absolute atomic E-state index is 0.154. The largest absolute Gasteiger partial charge is 0.382 e. The first kappa shape index (κ1) is 15.9. The number of sulfonamides is 1. The number of hydrogen-bond acceptors (Lipinski definition) is 4. The van der Waals surface area contributed by atoms with Gasteiger partial charge in [-0.1, -0.05) is 0 Å². The van der Waals surface area contributed by atoms with Crippen molar-refractivity contribution in [3.05, 3.63) is 24.4 Å². The number of piperidine rings is 1. The third-order valence-corrected chi connectivity index (χ3v) is 6.73. The highest BCUT2D eigenvalue weighted by Gasteiger charge is 2.45. The summed E-state index contributed by atoms with van der Waals surface area (Å²) in [5, 5.41) is 9.16. The lowest BCUT2D eigenvalue weighted by molar-refractivity contribution is 0.236. The number of nitrogens with one attached hydrogen (secondary N) is 1. The van der Waals surface area contributed by atoms with E-state index >= 15 is 0 Å². The molecule has 0 amide bonds. The summed E-state index contributed by atoms with van der Waals surface area (Å²) < 4.78 is 27.7. The van der Waals surface area contributed by atoms with Crippen LogP contribution in [0.25, 0.3) is 10.9 Å². The summed E-state index contributed by atoms with van der Waals surface area (Å²) in [6.07, 6.45) is 6.97. The van der Waals surface area contributed by atoms with E-state index in [0.29, 0.717) is 6.04 Å². The number of nitrogens with zero attached hydrogens (tertiary/aromatic N) is 3. The van der Waals surface area contributed by atoms with Crippen molar-refractivity contribution < 1.29 is 8.42 Å². The van der Waals surface area contributed by atoms with Crippen LogP contribution in [-0.2, 0) is 16.6 Å². The van der Waals surface area contributed by atoms with Crippen molar-refractivity contribution in [3.63, 3.8) is 0 Å². The first-order valence-electron chi connectivity index (χ1n) is 8.66. The second kappa shape index (κ2) is 5.74. The van der Waals surface area contributed by atoms with Crippen LogP contribution < -0.4 is 5.32 Å². The van der Waals surface area contributed by atoms with E-state index in [2.05, 4.69) is 35.5 Å². The van der Waals surface area contributed by atoms with Crippen LogP contribution in [0.4, 0.5) is 5.69 Å². The molecule has 0 saturated carbocycles. The second-order valence-electron chi connectivity index (χ2n) is 7.02. The normalized spacial score (nSPS) is 27.7. The topological polar surface area (TPSA) is 67.2 Å². The van der Waals surface area contributed by atoms with E-state index in [4.69, 9.17) is 0 Å². The molecule has 0 radical (unpaired) electrons. The first-order valence-corrected chi connectivity index (χ1v) is 10.5. The molecular formula is C17H24N4O2S. The summed E-state index contributed by atoms with van der Waals surface area (Å²) in [7, 11) is -3.09. The predicted molar refractivity (Wildman–Crippen MR) is 95.5 cm³/mol. The molecule has 0 spiro atoms. The van der Waals surface area contributed by atoms with Crippen LogP contribution in [0, 0.1) is 0 Å². The molecule has 1 aromatic heterocycles. The lowest BCUT2D eigenvalue weighted by Gasteiger charge is -2.37. The van der Waals surface area contributed by atoms with E-state index in [9.17, 15) is 8.42 Å². The van der Waals surface area contributed by atoms with Crippen molar-refractivity contribution in [2.45, 2.75) is 57.3 Å². The Hall–Kier alpha value is -1.60. The van der Waals surface area contributed by atoms with E-state index in [1.165, 1.54) is 6.26 Å². The molecule has 24 heavy (non-hydrogen) atoms. The van der Waals surface area contributed by atoms with Crippen molar-refractivity contribution in [1.82, 2.24) is 14.1 Å². The molecule has 7 heteroatoms. The summed E-state index contributed by atoms with van der Waals surface area (Å²) in [5.74, 6) is 0. The number of anilines is 1. The molecule has 2 fully saturated rings. The van der Waals surface area contributed by atoms with Gasteiger partial charge in [0.2, 0.25) is 10.0 Å². The summed E-state index contributed by atoms with van der Waals surface area (Å²) in [6.45, 7) is 2.94. The second-order valence-corrected chi connectivity index (χ2v) is 8.91. The SMILES string of the molecule is CCn1ncc2ccc(NC3CC4CCC(C3)N4S(C)(=O)=O)cc21. The molecule has 2 atom stereocenters. The molecule has 2 aromatic rings. The van der Waals surface area contributed by atoms with Crippen molar-refractivity contribution in [2.75, 3.05) is 11.6 Å². The fourth-order valence-corrected chi connectivity index (χ4v) is 5.91. The van der Waals surface area contributed by atoms with Crippen LogP contribution >= 0.6 is 0 Å². The third-order valence-electron chi connectivity index (χ3n) is 5.36. The van der Waals surface area contributed by atoms with Gasteiger partial charge in [-0.25, -0.2) is 8.42 Å². The summed E-state index contributed by atoms with van der Waals surface area (Å²) in [6, 6.07) is 6.97. The Bertz CT molecular complexity index is 847. The monoisotopic (exact) mass is 348 g/mol. The quantitative estimate of drug-likeness (QED) is 0.921. The van der Waals surface area contributed by atoms with E-state index in [0.717, 1.165) is 48.8 Å². The predicted octanol–water partition coefficient (Wildman–Crippen LogP) is 2.42. The molecule has 2 unspecified atom stereocenters. The molecule has 130 valence electrons. The molecule has 2 saturated heterocycles. The summed E-state index contributed by atoms with van der Waals surface area (Å²) >= 11 is 0. The van der Waals surface area contributed by atoms with Crippen molar-refractivity contribution in [1.29, 1.82) is 0 Å². The zero-order valence-corrected chi connectivity index (χ0v) is 15.0. The minimum Gasteiger partial charge on any atom is -0.382 e. The smallest absolute Gasteiger partial charge is 0.211 e. The number of aromatic nitrogens is 2. The number of fused-ring (bicyclic) bond motifs is 3. The van der Waals surface area contributed by atoms with Crippen molar-refractivity contribution in [2.24, 2.45) is 0 Å². The molecule has 4 rings (SSSR count). The highest BCUT2D eigenvalue weighted by molar-refractivity contribution is 7.88. The Balaban J connectivity index is 1.53. The summed E-state index contributed by atoms with van der Waals surface area (Å²) in [5.41, 5.74) is 2.23. The van der Waals surface area contributed by atoms with Crippen LogP contribution in [-0.4, -0.2) is 46.9 Å². The zero-order valence-electron chi connectivity index (χ0n) is 14.1. The molecule has 2 bridgehead atoms. The van der Waals surface area contributed by atoms with Crippen LogP contribution in [0.1, 0.15) is 32.6 Å². The molecule has 1 N–H and O–H groups in total. The lowest BCUT2D eigenvalue weighted by Crippen LogP contribution is -2.49. The summed E-state index contributed by atoms with van der Waals surface area (Å²) in [4.78, 5) is 0. The van der Waals surface area contributed by atoms with E-state index in [1.54, 1.807) is 4.31 Å². The van der Waals surface area contributed by atoms with Gasteiger partial charge in [0.15, 0.2) is 0 Å². The van der Waals surface area contributed by atoms with Gasteiger partial charge in [-0.2, -0.15) is 9.40 Å². The van der Waals surface area contributed by atoms with Gasteiger partial charge in [-0.15, -0.1) is 0 Å². The van der Waals surface area contributed by atoms with E-state index in [1.807, 2.05) is 10.9 Å². The Morgan fingerprint density at radius 1 is 1.25 bits per heavy atom. The Morgan fingerprint density at radius 3 is 2.58 bits per heavy atom. The highest BCUT2D eigenvalue weighted by atomic mass is 32.2. The highest BCUT2D eigenvalue weighted by Crippen LogP contribution is 2.38. The van der Waals surface area contributed by atoms with Gasteiger partial charge in [0.1, 0.15) is 0 Å². The molecule has 2 aliphatic rings. The van der Waals surface area contributed by atoms with Crippen LogP contribution in [0.5, 0.6) is 0 Å². The maximum atomic E-state index is 12.0. The Kier molecular flexibility index (Phi) is 3.80. The molecule has 0 aliphatic carbocycles. The molecule has 3 heterocycles. The average Bonchev–Trinajstić information content (AvgIpc) is 3.06. The Labute approximate surface area is 142 Å². The third kappa shape index (κ3) is 2.69. The van der Waals surface area contributed by atoms with Gasteiger partial charge < -0.3 is 5.32 Å². The molecule has 1 aromatic carbocycles. The number of hydrogen-bond donors (Lipinski definition) is 1. The van der Waals surface area contributed by atoms with Crippen LogP contribution in [0.15, 0.2) is 24.4 Å². The number of aryl methyl sites for hydroxylation is 1. The van der Waals surface area contributed by atoms with E-state index in [-0.39, 0.29) is 12.1 Å². The maximum Gasteiger partial charge on any atom is 0.211 e. The molecular weight excluding hydrogens is 324 g/mol. The van der Waals surface area contributed by atoms with Gasteiger partial charge in [-0.3, -0.25) is 4.68 Å². The van der Waals surface area contributed by atoms with E-state index < -0.39 is 10.0 Å². The minimum atomic E-state index is -3.09. The van der Waals surface area contributed by atoms with Gasteiger partial charge in [0, 0.05) is 35.7 Å². The van der Waals surface area contributed by atoms with Gasteiger partial charge >= 0.3 is 0 Å². The maximum absolute atomic E-state index is 12.0. The van der Waals surface area contributed by atoms with Crippen LogP contribution in [0.3, 0.4) is 0 Å². The van der Waals surface area contributed by atoms with Gasteiger partial charge in [0.25, 0.3) is 0 Å². The fourth-order valence-electron chi connectivity index (χ4n) is 4.44. The number of benzene rings is 1.